The Morgan fingerprint density at radius 3 is 2.68 bits per heavy atom. The van der Waals surface area contributed by atoms with Crippen molar-refractivity contribution in [3.05, 3.63) is 29.3 Å². The second kappa shape index (κ2) is 6.57. The Hall–Kier alpha value is -1.55. The molecule has 1 aromatic carbocycles. The van der Waals surface area contributed by atoms with Crippen LogP contribution in [0.25, 0.3) is 0 Å². The molecule has 1 aliphatic heterocycles. The number of carboxylic acid groups (broad SMARTS) is 1. The molecule has 1 N–H and O–H groups in total. The van der Waals surface area contributed by atoms with Crippen molar-refractivity contribution in [2.24, 2.45) is 0 Å². The molecule has 0 radical (unpaired) electrons. The molecule has 4 nitrogen and oxygen atoms in total. The van der Waals surface area contributed by atoms with Crippen LogP contribution in [0, 0.1) is 0 Å². The number of rotatable bonds is 5. The van der Waals surface area contributed by atoms with Crippen LogP contribution in [-0.4, -0.2) is 36.2 Å². The van der Waals surface area contributed by atoms with E-state index in [9.17, 15) is 4.79 Å². The van der Waals surface area contributed by atoms with Gasteiger partial charge in [-0.2, -0.15) is 0 Å². The maximum absolute atomic E-state index is 10.9. The number of aliphatic carboxylic acids is 1. The Labute approximate surface area is 114 Å². The van der Waals surface area contributed by atoms with E-state index in [-0.39, 0.29) is 6.42 Å². The molecule has 2 rings (SSSR count). The van der Waals surface area contributed by atoms with Crippen molar-refractivity contribution in [3.63, 3.8) is 0 Å². The maximum Gasteiger partial charge on any atom is 0.307 e. The average molecular weight is 263 g/mol. The molecule has 0 bridgehead atoms. The number of methoxy groups -OCH3 is 1. The van der Waals surface area contributed by atoms with Crippen molar-refractivity contribution in [2.75, 3.05) is 20.2 Å². The lowest BCUT2D eigenvalue weighted by Crippen LogP contribution is -2.29. The van der Waals surface area contributed by atoms with Crippen LogP contribution in [0.3, 0.4) is 0 Å². The van der Waals surface area contributed by atoms with Crippen LogP contribution >= 0.6 is 0 Å². The predicted octanol–water partition coefficient (Wildman–Crippen LogP) is 2.31. The molecular weight excluding hydrogens is 242 g/mol. The zero-order valence-electron chi connectivity index (χ0n) is 11.4. The van der Waals surface area contributed by atoms with E-state index in [1.807, 2.05) is 18.2 Å². The molecule has 1 fully saturated rings. The fourth-order valence-electron chi connectivity index (χ4n) is 2.61. The van der Waals surface area contributed by atoms with Gasteiger partial charge in [-0.15, -0.1) is 0 Å². The third-order valence-corrected chi connectivity index (χ3v) is 3.54. The summed E-state index contributed by atoms with van der Waals surface area (Å²) in [5.41, 5.74) is 1.92. The molecule has 1 aliphatic rings. The zero-order chi connectivity index (χ0) is 13.7. The summed E-state index contributed by atoms with van der Waals surface area (Å²) >= 11 is 0. The number of nitrogens with zero attached hydrogens (tertiary/aromatic N) is 1. The molecule has 0 saturated carbocycles. The van der Waals surface area contributed by atoms with Crippen LogP contribution in [0.1, 0.15) is 30.4 Å². The van der Waals surface area contributed by atoms with Gasteiger partial charge in [-0.1, -0.05) is 18.6 Å². The van der Waals surface area contributed by atoms with Gasteiger partial charge in [0, 0.05) is 12.1 Å². The highest BCUT2D eigenvalue weighted by Crippen LogP contribution is 2.22. The highest BCUT2D eigenvalue weighted by Gasteiger charge is 2.13. The van der Waals surface area contributed by atoms with Crippen LogP contribution in [0.5, 0.6) is 5.75 Å². The maximum atomic E-state index is 10.9. The van der Waals surface area contributed by atoms with Crippen molar-refractivity contribution in [3.8, 4) is 5.75 Å². The molecule has 0 amide bonds. The van der Waals surface area contributed by atoms with E-state index in [0.29, 0.717) is 5.75 Å². The van der Waals surface area contributed by atoms with Gasteiger partial charge in [0.1, 0.15) is 5.75 Å². The Balaban J connectivity index is 2.09. The number of hydrogen-bond donors (Lipinski definition) is 1. The van der Waals surface area contributed by atoms with Gasteiger partial charge in [-0.05, 0) is 37.6 Å². The van der Waals surface area contributed by atoms with E-state index in [4.69, 9.17) is 9.84 Å². The summed E-state index contributed by atoms with van der Waals surface area (Å²) in [6.45, 7) is 3.18. The van der Waals surface area contributed by atoms with Gasteiger partial charge >= 0.3 is 5.97 Å². The summed E-state index contributed by atoms with van der Waals surface area (Å²) in [5, 5.41) is 8.93. The molecule has 0 atom stereocenters. The molecule has 0 spiro atoms. The Morgan fingerprint density at radius 2 is 2.05 bits per heavy atom. The summed E-state index contributed by atoms with van der Waals surface area (Å²) in [7, 11) is 1.57. The predicted molar refractivity (Wildman–Crippen MR) is 73.5 cm³/mol. The minimum absolute atomic E-state index is 0.0109. The first-order valence-corrected chi connectivity index (χ1v) is 6.79. The number of carbonyl (C=O) groups is 1. The number of ether oxygens (including phenoxy) is 1. The smallest absolute Gasteiger partial charge is 0.307 e. The molecule has 1 heterocycles. The second-order valence-corrected chi connectivity index (χ2v) is 5.05. The van der Waals surface area contributed by atoms with Crippen molar-refractivity contribution in [1.29, 1.82) is 0 Å². The van der Waals surface area contributed by atoms with Gasteiger partial charge in [0.25, 0.3) is 0 Å². The van der Waals surface area contributed by atoms with Crippen LogP contribution in [0.4, 0.5) is 0 Å². The Bertz CT molecular complexity index is 439. The molecule has 1 aromatic rings. The third-order valence-electron chi connectivity index (χ3n) is 3.54. The zero-order valence-corrected chi connectivity index (χ0v) is 11.4. The Morgan fingerprint density at radius 1 is 1.32 bits per heavy atom. The minimum atomic E-state index is -0.826. The first kappa shape index (κ1) is 13.9. The molecule has 4 heteroatoms. The normalized spacial score (nSPS) is 16.3. The monoisotopic (exact) mass is 263 g/mol. The van der Waals surface area contributed by atoms with Crippen molar-refractivity contribution in [1.82, 2.24) is 4.90 Å². The molecule has 104 valence electrons. The minimum Gasteiger partial charge on any atom is -0.496 e. The average Bonchev–Trinajstić information content (AvgIpc) is 2.39. The lowest BCUT2D eigenvalue weighted by molar-refractivity contribution is -0.136. The number of piperidine rings is 1. The van der Waals surface area contributed by atoms with Crippen LogP contribution < -0.4 is 4.74 Å². The quantitative estimate of drug-likeness (QED) is 0.885. The van der Waals surface area contributed by atoms with E-state index in [1.54, 1.807) is 7.11 Å². The molecule has 0 unspecified atom stereocenters. The Kier molecular flexibility index (Phi) is 4.80. The summed E-state index contributed by atoms with van der Waals surface area (Å²) in [5.74, 6) is -0.168. The highest BCUT2D eigenvalue weighted by molar-refractivity contribution is 5.71. The van der Waals surface area contributed by atoms with Crippen LogP contribution in [0.15, 0.2) is 18.2 Å². The van der Waals surface area contributed by atoms with Gasteiger partial charge in [0.15, 0.2) is 0 Å². The standard InChI is InChI=1S/C15H21NO3/c1-19-14-6-5-12(9-13(14)10-15(17)18)11-16-7-3-2-4-8-16/h5-6,9H,2-4,7-8,10-11H2,1H3,(H,17,18). The van der Waals surface area contributed by atoms with Gasteiger partial charge in [0.05, 0.1) is 13.5 Å². The molecule has 1 saturated heterocycles. The van der Waals surface area contributed by atoms with E-state index in [1.165, 1.54) is 24.8 Å². The van der Waals surface area contributed by atoms with Crippen LogP contribution in [0.2, 0.25) is 0 Å². The number of carboxylic acids is 1. The number of hydrogen-bond acceptors (Lipinski definition) is 3. The topological polar surface area (TPSA) is 49.8 Å². The van der Waals surface area contributed by atoms with Crippen LogP contribution in [-0.2, 0) is 17.8 Å². The number of benzene rings is 1. The fraction of sp³-hybridized carbons (Fsp3) is 0.533. The fourth-order valence-corrected chi connectivity index (χ4v) is 2.61. The van der Waals surface area contributed by atoms with Gasteiger partial charge in [0.2, 0.25) is 0 Å². The van der Waals surface area contributed by atoms with Gasteiger partial charge in [-0.25, -0.2) is 0 Å². The SMILES string of the molecule is COc1ccc(CN2CCCCC2)cc1CC(=O)O. The number of likely N-dealkylation sites (tertiary alicyclic amines) is 1. The van der Waals surface area contributed by atoms with Gasteiger partial charge < -0.3 is 9.84 Å². The van der Waals surface area contributed by atoms with E-state index in [2.05, 4.69) is 4.90 Å². The summed E-state index contributed by atoms with van der Waals surface area (Å²) in [4.78, 5) is 13.3. The van der Waals surface area contributed by atoms with E-state index < -0.39 is 5.97 Å². The van der Waals surface area contributed by atoms with E-state index >= 15 is 0 Å². The summed E-state index contributed by atoms with van der Waals surface area (Å²) in [6.07, 6.45) is 3.86. The molecule has 0 aliphatic carbocycles. The molecule has 0 aromatic heterocycles. The highest BCUT2D eigenvalue weighted by atomic mass is 16.5. The first-order chi connectivity index (χ1) is 9.19. The third kappa shape index (κ3) is 3.96. The van der Waals surface area contributed by atoms with E-state index in [0.717, 1.165) is 25.2 Å². The first-order valence-electron chi connectivity index (χ1n) is 6.79. The lowest BCUT2D eigenvalue weighted by Gasteiger charge is -2.26. The largest absolute Gasteiger partial charge is 0.496 e. The molecule has 19 heavy (non-hydrogen) atoms. The second-order valence-electron chi connectivity index (χ2n) is 5.05. The van der Waals surface area contributed by atoms with Crippen molar-refractivity contribution < 1.29 is 14.6 Å². The summed E-state index contributed by atoms with van der Waals surface area (Å²) < 4.78 is 5.21. The van der Waals surface area contributed by atoms with Crippen molar-refractivity contribution in [2.45, 2.75) is 32.2 Å². The molecular formula is C15H21NO3. The lowest BCUT2D eigenvalue weighted by atomic mass is 10.0. The van der Waals surface area contributed by atoms with Gasteiger partial charge in [-0.3, -0.25) is 9.69 Å². The summed E-state index contributed by atoms with van der Waals surface area (Å²) in [6, 6.07) is 5.86. The van der Waals surface area contributed by atoms with Crippen molar-refractivity contribution >= 4 is 5.97 Å².